The summed E-state index contributed by atoms with van der Waals surface area (Å²) in [5, 5.41) is 0. The van der Waals surface area contributed by atoms with Crippen molar-refractivity contribution in [3.8, 4) is 5.75 Å². The van der Waals surface area contributed by atoms with Gasteiger partial charge in [-0.15, -0.1) is 0 Å². The number of carbonyl (C=O) groups excluding carboxylic acids is 1. The Hall–Kier alpha value is -0.830. The summed E-state index contributed by atoms with van der Waals surface area (Å²) in [6, 6.07) is 5.57. The predicted molar refractivity (Wildman–Crippen MR) is 78.3 cm³/mol. The standard InChI is InChI=1S/C15H21BrO2/c1-4-8-18-15-7-6-12(10-13(15)16)14(17)9-11(3)5-2/h6-7,10-11H,4-5,8-9H2,1-3H3. The van der Waals surface area contributed by atoms with E-state index in [0.717, 1.165) is 28.6 Å². The van der Waals surface area contributed by atoms with Gasteiger partial charge in [-0.3, -0.25) is 4.79 Å². The van der Waals surface area contributed by atoms with E-state index in [4.69, 9.17) is 4.74 Å². The third-order valence-corrected chi connectivity index (χ3v) is 3.57. The van der Waals surface area contributed by atoms with Crippen LogP contribution in [0.3, 0.4) is 0 Å². The minimum Gasteiger partial charge on any atom is -0.492 e. The highest BCUT2D eigenvalue weighted by molar-refractivity contribution is 9.10. The molecule has 0 N–H and O–H groups in total. The lowest BCUT2D eigenvalue weighted by molar-refractivity contribution is 0.0963. The fourth-order valence-corrected chi connectivity index (χ4v) is 2.08. The molecule has 0 heterocycles. The van der Waals surface area contributed by atoms with Crippen molar-refractivity contribution < 1.29 is 9.53 Å². The van der Waals surface area contributed by atoms with Crippen LogP contribution in [0.15, 0.2) is 22.7 Å². The van der Waals surface area contributed by atoms with Crippen LogP contribution in [-0.4, -0.2) is 12.4 Å². The summed E-state index contributed by atoms with van der Waals surface area (Å²) in [5.74, 6) is 1.44. The summed E-state index contributed by atoms with van der Waals surface area (Å²) < 4.78 is 6.42. The van der Waals surface area contributed by atoms with Crippen molar-refractivity contribution >= 4 is 21.7 Å². The molecule has 1 aromatic carbocycles. The summed E-state index contributed by atoms with van der Waals surface area (Å²) in [7, 11) is 0. The normalized spacial score (nSPS) is 12.2. The van der Waals surface area contributed by atoms with Gasteiger partial charge in [0.25, 0.3) is 0 Å². The molecule has 0 aliphatic carbocycles. The van der Waals surface area contributed by atoms with Crippen molar-refractivity contribution in [3.63, 3.8) is 0 Å². The Kier molecular flexibility index (Phi) is 6.41. The molecule has 1 rings (SSSR count). The summed E-state index contributed by atoms with van der Waals surface area (Å²) in [6.45, 7) is 6.97. The molecule has 0 amide bonds. The Balaban J connectivity index is 2.74. The van der Waals surface area contributed by atoms with E-state index < -0.39 is 0 Å². The van der Waals surface area contributed by atoms with Crippen LogP contribution in [0.5, 0.6) is 5.75 Å². The van der Waals surface area contributed by atoms with E-state index in [1.165, 1.54) is 0 Å². The fourth-order valence-electron chi connectivity index (χ4n) is 1.58. The third-order valence-electron chi connectivity index (χ3n) is 2.95. The van der Waals surface area contributed by atoms with Gasteiger partial charge in [0.15, 0.2) is 5.78 Å². The van der Waals surface area contributed by atoms with Crippen molar-refractivity contribution in [1.29, 1.82) is 0 Å². The predicted octanol–water partition coefficient (Wildman–Crippen LogP) is 4.86. The molecule has 1 unspecified atom stereocenters. The highest BCUT2D eigenvalue weighted by atomic mass is 79.9. The van der Waals surface area contributed by atoms with Crippen LogP contribution in [0.2, 0.25) is 0 Å². The second-order valence-electron chi connectivity index (χ2n) is 4.63. The SMILES string of the molecule is CCCOc1ccc(C(=O)CC(C)CC)cc1Br. The van der Waals surface area contributed by atoms with Crippen molar-refractivity contribution in [2.24, 2.45) is 5.92 Å². The molecule has 0 radical (unpaired) electrons. The lowest BCUT2D eigenvalue weighted by Gasteiger charge is -2.10. The van der Waals surface area contributed by atoms with E-state index in [1.54, 1.807) is 0 Å². The van der Waals surface area contributed by atoms with Gasteiger partial charge in [0.1, 0.15) is 5.75 Å². The van der Waals surface area contributed by atoms with Crippen LogP contribution in [-0.2, 0) is 0 Å². The highest BCUT2D eigenvalue weighted by Gasteiger charge is 2.12. The van der Waals surface area contributed by atoms with Gasteiger partial charge in [0.2, 0.25) is 0 Å². The van der Waals surface area contributed by atoms with E-state index in [-0.39, 0.29) is 5.78 Å². The van der Waals surface area contributed by atoms with Crippen LogP contribution < -0.4 is 4.74 Å². The number of hydrogen-bond donors (Lipinski definition) is 0. The number of benzene rings is 1. The maximum atomic E-state index is 12.0. The average Bonchev–Trinajstić information content (AvgIpc) is 2.37. The molecular weight excluding hydrogens is 292 g/mol. The van der Waals surface area contributed by atoms with Crippen LogP contribution in [0, 0.1) is 5.92 Å². The Morgan fingerprint density at radius 2 is 2.11 bits per heavy atom. The van der Waals surface area contributed by atoms with E-state index in [2.05, 4.69) is 36.7 Å². The first-order chi connectivity index (χ1) is 8.58. The monoisotopic (exact) mass is 312 g/mol. The van der Waals surface area contributed by atoms with Gasteiger partial charge in [0.05, 0.1) is 11.1 Å². The second kappa shape index (κ2) is 7.57. The van der Waals surface area contributed by atoms with E-state index in [0.29, 0.717) is 18.9 Å². The number of hydrogen-bond acceptors (Lipinski definition) is 2. The number of rotatable bonds is 7. The number of ether oxygens (including phenoxy) is 1. The van der Waals surface area contributed by atoms with Crippen molar-refractivity contribution in [2.75, 3.05) is 6.61 Å². The van der Waals surface area contributed by atoms with Gasteiger partial charge in [-0.2, -0.15) is 0 Å². The molecule has 0 saturated heterocycles. The molecule has 0 aliphatic heterocycles. The van der Waals surface area contributed by atoms with E-state index >= 15 is 0 Å². The van der Waals surface area contributed by atoms with Gasteiger partial charge < -0.3 is 4.74 Å². The molecule has 0 spiro atoms. The van der Waals surface area contributed by atoms with Crippen molar-refractivity contribution in [2.45, 2.75) is 40.0 Å². The zero-order chi connectivity index (χ0) is 13.5. The maximum Gasteiger partial charge on any atom is 0.163 e. The first-order valence-electron chi connectivity index (χ1n) is 6.54. The molecule has 0 aliphatic rings. The Morgan fingerprint density at radius 1 is 1.39 bits per heavy atom. The van der Waals surface area contributed by atoms with E-state index in [9.17, 15) is 4.79 Å². The zero-order valence-corrected chi connectivity index (χ0v) is 12.9. The summed E-state index contributed by atoms with van der Waals surface area (Å²) in [5.41, 5.74) is 0.756. The van der Waals surface area contributed by atoms with Gasteiger partial charge in [-0.1, -0.05) is 27.2 Å². The lowest BCUT2D eigenvalue weighted by Crippen LogP contribution is -2.05. The molecular formula is C15H21BrO2. The van der Waals surface area contributed by atoms with Crippen molar-refractivity contribution in [1.82, 2.24) is 0 Å². The molecule has 1 atom stereocenters. The number of halogens is 1. The van der Waals surface area contributed by atoms with Crippen molar-refractivity contribution in [3.05, 3.63) is 28.2 Å². The molecule has 3 heteroatoms. The molecule has 0 saturated carbocycles. The summed E-state index contributed by atoms with van der Waals surface area (Å²) in [4.78, 5) is 12.0. The quantitative estimate of drug-likeness (QED) is 0.672. The Morgan fingerprint density at radius 3 is 2.67 bits per heavy atom. The Labute approximate surface area is 118 Å². The highest BCUT2D eigenvalue weighted by Crippen LogP contribution is 2.27. The topological polar surface area (TPSA) is 26.3 Å². The molecule has 0 fully saturated rings. The lowest BCUT2D eigenvalue weighted by atomic mass is 9.98. The largest absolute Gasteiger partial charge is 0.492 e. The zero-order valence-electron chi connectivity index (χ0n) is 11.3. The summed E-state index contributed by atoms with van der Waals surface area (Å²) in [6.07, 6.45) is 2.61. The van der Waals surface area contributed by atoms with Gasteiger partial charge in [-0.25, -0.2) is 0 Å². The van der Waals surface area contributed by atoms with E-state index in [1.807, 2.05) is 18.2 Å². The third kappa shape index (κ3) is 4.45. The van der Waals surface area contributed by atoms with Gasteiger partial charge >= 0.3 is 0 Å². The number of ketones is 1. The molecule has 0 bridgehead atoms. The van der Waals surface area contributed by atoms with Crippen LogP contribution in [0.25, 0.3) is 0 Å². The second-order valence-corrected chi connectivity index (χ2v) is 5.49. The van der Waals surface area contributed by atoms with Gasteiger partial charge in [-0.05, 0) is 46.5 Å². The molecule has 18 heavy (non-hydrogen) atoms. The molecule has 1 aromatic rings. The van der Waals surface area contributed by atoms with Crippen LogP contribution >= 0.6 is 15.9 Å². The van der Waals surface area contributed by atoms with Crippen LogP contribution in [0.1, 0.15) is 50.4 Å². The summed E-state index contributed by atoms with van der Waals surface area (Å²) >= 11 is 3.45. The molecule has 0 aromatic heterocycles. The minimum atomic E-state index is 0.201. The number of Topliss-reactive ketones (excluding diaryl/α,β-unsaturated/α-hetero) is 1. The first kappa shape index (κ1) is 15.2. The first-order valence-corrected chi connectivity index (χ1v) is 7.33. The maximum absolute atomic E-state index is 12.0. The average molecular weight is 313 g/mol. The molecule has 2 nitrogen and oxygen atoms in total. The fraction of sp³-hybridized carbons (Fsp3) is 0.533. The minimum absolute atomic E-state index is 0.201. The smallest absolute Gasteiger partial charge is 0.163 e. The van der Waals surface area contributed by atoms with Gasteiger partial charge in [0, 0.05) is 12.0 Å². The Bertz CT molecular complexity index is 401. The molecule has 100 valence electrons. The van der Waals surface area contributed by atoms with Crippen LogP contribution in [0.4, 0.5) is 0 Å². The number of carbonyl (C=O) groups is 1.